The summed E-state index contributed by atoms with van der Waals surface area (Å²) in [7, 11) is 0. The van der Waals surface area contributed by atoms with Gasteiger partial charge in [0.25, 0.3) is 0 Å². The molecular weight excluding hydrogens is 152 g/mol. The van der Waals surface area contributed by atoms with Crippen molar-refractivity contribution in [1.29, 1.82) is 0 Å². The molecule has 0 bridgehead atoms. The van der Waals surface area contributed by atoms with Gasteiger partial charge in [-0.05, 0) is 0 Å². The first-order valence-electron chi connectivity index (χ1n) is 3.10. The van der Waals surface area contributed by atoms with Crippen molar-refractivity contribution in [1.82, 2.24) is 5.01 Å². The minimum Gasteiger partial charge on any atom is -0.435 e. The number of carbonyl (C=O) groups is 1. The first kappa shape index (κ1) is 8.25. The number of hydrazine groups is 1. The van der Waals surface area contributed by atoms with Gasteiger partial charge in [0.2, 0.25) is 0 Å². The molecule has 1 aliphatic heterocycles. The van der Waals surface area contributed by atoms with Gasteiger partial charge in [0.1, 0.15) is 0 Å². The number of ether oxygens (including phenoxy) is 1. The van der Waals surface area contributed by atoms with Gasteiger partial charge in [-0.15, -0.1) is 0 Å². The Labute approximate surface area is 63.1 Å². The van der Waals surface area contributed by atoms with Crippen molar-refractivity contribution in [2.45, 2.75) is 5.60 Å². The van der Waals surface area contributed by atoms with Gasteiger partial charge < -0.3 is 14.9 Å². The predicted molar refractivity (Wildman–Crippen MR) is 34.3 cm³/mol. The number of carbonyl (C=O) groups excluding carboxylic acids is 1. The van der Waals surface area contributed by atoms with E-state index in [1.165, 1.54) is 0 Å². The van der Waals surface area contributed by atoms with E-state index in [0.29, 0.717) is 0 Å². The fourth-order valence-electron chi connectivity index (χ4n) is 0.866. The van der Waals surface area contributed by atoms with E-state index in [0.717, 1.165) is 5.01 Å². The number of aliphatic hydroxyl groups excluding tert-OH is 2. The molecule has 6 heteroatoms. The molecule has 1 aliphatic rings. The summed E-state index contributed by atoms with van der Waals surface area (Å²) in [5, 5.41) is 18.3. The van der Waals surface area contributed by atoms with Crippen molar-refractivity contribution in [3.8, 4) is 0 Å². The van der Waals surface area contributed by atoms with Crippen LogP contribution >= 0.6 is 0 Å². The van der Waals surface area contributed by atoms with Crippen LogP contribution in [0.5, 0.6) is 0 Å². The Balaban J connectivity index is 2.68. The zero-order chi connectivity index (χ0) is 8.48. The molecule has 1 amide bonds. The Morgan fingerprint density at radius 1 is 1.64 bits per heavy atom. The van der Waals surface area contributed by atoms with Crippen molar-refractivity contribution >= 4 is 6.09 Å². The number of hydrogen-bond donors (Lipinski definition) is 3. The molecule has 4 N–H and O–H groups in total. The summed E-state index contributed by atoms with van der Waals surface area (Å²) in [6.07, 6.45) is -0.729. The van der Waals surface area contributed by atoms with Crippen LogP contribution in [0.2, 0.25) is 0 Å². The summed E-state index contributed by atoms with van der Waals surface area (Å²) in [5.41, 5.74) is -1.22. The number of nitrogens with zero attached hydrogens (tertiary/aromatic N) is 1. The number of rotatable bonds is 2. The van der Waals surface area contributed by atoms with Crippen LogP contribution in [0.4, 0.5) is 4.79 Å². The molecular formula is C5H10N2O4. The van der Waals surface area contributed by atoms with Crippen LogP contribution < -0.4 is 5.84 Å². The van der Waals surface area contributed by atoms with E-state index < -0.39 is 24.9 Å². The van der Waals surface area contributed by atoms with Gasteiger partial charge in [-0.2, -0.15) is 0 Å². The number of cyclic esters (lactones) is 1. The van der Waals surface area contributed by atoms with Crippen molar-refractivity contribution in [2.24, 2.45) is 5.84 Å². The highest BCUT2D eigenvalue weighted by atomic mass is 16.6. The summed E-state index contributed by atoms with van der Waals surface area (Å²) in [4.78, 5) is 10.7. The molecule has 0 unspecified atom stereocenters. The van der Waals surface area contributed by atoms with Crippen molar-refractivity contribution in [2.75, 3.05) is 19.8 Å². The van der Waals surface area contributed by atoms with Crippen molar-refractivity contribution in [3.63, 3.8) is 0 Å². The predicted octanol–water partition coefficient (Wildman–Crippen LogP) is -1.96. The van der Waals surface area contributed by atoms with Crippen LogP contribution in [0.1, 0.15) is 0 Å². The van der Waals surface area contributed by atoms with Crippen LogP contribution in [0.15, 0.2) is 0 Å². The maximum atomic E-state index is 10.7. The van der Waals surface area contributed by atoms with Crippen LogP contribution in [0, 0.1) is 0 Å². The molecule has 0 radical (unpaired) electrons. The molecule has 1 rings (SSSR count). The molecule has 6 nitrogen and oxygen atoms in total. The van der Waals surface area contributed by atoms with E-state index in [1.54, 1.807) is 0 Å². The molecule has 1 heterocycles. The van der Waals surface area contributed by atoms with Gasteiger partial charge in [0.15, 0.2) is 5.60 Å². The normalized spacial score (nSPS) is 22.1. The Hall–Kier alpha value is -0.850. The minimum absolute atomic E-state index is 0.0127. The topological polar surface area (TPSA) is 96.0 Å². The van der Waals surface area contributed by atoms with E-state index >= 15 is 0 Å². The van der Waals surface area contributed by atoms with Crippen LogP contribution in [-0.4, -0.2) is 46.7 Å². The van der Waals surface area contributed by atoms with Gasteiger partial charge in [-0.3, -0.25) is 0 Å². The third-order valence-electron chi connectivity index (χ3n) is 1.57. The lowest BCUT2D eigenvalue weighted by atomic mass is 10.1. The molecule has 0 spiro atoms. The largest absolute Gasteiger partial charge is 0.435 e. The highest BCUT2D eigenvalue weighted by Crippen LogP contribution is 2.18. The fraction of sp³-hybridized carbons (Fsp3) is 0.800. The number of aliphatic hydroxyl groups is 2. The molecule has 0 aromatic carbocycles. The summed E-state index contributed by atoms with van der Waals surface area (Å²) < 4.78 is 4.62. The summed E-state index contributed by atoms with van der Waals surface area (Å²) in [6, 6.07) is 0. The average Bonchev–Trinajstić information content (AvgIpc) is 2.29. The summed E-state index contributed by atoms with van der Waals surface area (Å²) >= 11 is 0. The summed E-state index contributed by atoms with van der Waals surface area (Å²) in [5.74, 6) is 5.14. The molecule has 1 fully saturated rings. The third-order valence-corrected chi connectivity index (χ3v) is 1.57. The first-order chi connectivity index (χ1) is 5.13. The second-order valence-electron chi connectivity index (χ2n) is 2.50. The maximum Gasteiger partial charge on any atom is 0.424 e. The second-order valence-corrected chi connectivity index (χ2v) is 2.50. The molecule has 0 aromatic rings. The molecule has 0 saturated carbocycles. The van der Waals surface area contributed by atoms with E-state index in [4.69, 9.17) is 16.1 Å². The molecule has 0 aliphatic carbocycles. The van der Waals surface area contributed by atoms with Crippen LogP contribution in [0.3, 0.4) is 0 Å². The van der Waals surface area contributed by atoms with Crippen molar-refractivity contribution in [3.05, 3.63) is 0 Å². The maximum absolute atomic E-state index is 10.7. The van der Waals surface area contributed by atoms with Crippen LogP contribution in [-0.2, 0) is 4.74 Å². The molecule has 11 heavy (non-hydrogen) atoms. The first-order valence-corrected chi connectivity index (χ1v) is 3.10. The highest BCUT2D eigenvalue weighted by Gasteiger charge is 2.43. The lowest BCUT2D eigenvalue weighted by Crippen LogP contribution is -2.43. The van der Waals surface area contributed by atoms with Crippen LogP contribution in [0.25, 0.3) is 0 Å². The highest BCUT2D eigenvalue weighted by molar-refractivity contribution is 5.69. The molecule has 0 aromatic heterocycles. The lowest BCUT2D eigenvalue weighted by molar-refractivity contribution is -0.0320. The molecule has 64 valence electrons. The smallest absolute Gasteiger partial charge is 0.424 e. The summed E-state index contributed by atoms with van der Waals surface area (Å²) in [6.45, 7) is -0.843. The van der Waals surface area contributed by atoms with E-state index in [2.05, 4.69) is 4.74 Å². The van der Waals surface area contributed by atoms with E-state index in [-0.39, 0.29) is 6.54 Å². The Morgan fingerprint density at radius 3 is 2.36 bits per heavy atom. The third kappa shape index (κ3) is 1.28. The van der Waals surface area contributed by atoms with Crippen molar-refractivity contribution < 1.29 is 19.7 Å². The quantitative estimate of drug-likeness (QED) is 0.323. The Kier molecular flexibility index (Phi) is 1.99. The second kappa shape index (κ2) is 2.65. The molecule has 0 atom stereocenters. The SMILES string of the molecule is NN1CC(CO)(CO)OC1=O. The van der Waals surface area contributed by atoms with Gasteiger partial charge in [0.05, 0.1) is 19.8 Å². The Morgan fingerprint density at radius 2 is 2.18 bits per heavy atom. The minimum atomic E-state index is -1.22. The zero-order valence-corrected chi connectivity index (χ0v) is 5.86. The van der Waals surface area contributed by atoms with Gasteiger partial charge >= 0.3 is 6.09 Å². The monoisotopic (exact) mass is 162 g/mol. The standard InChI is InChI=1S/C5H10N2O4/c6-7-1-5(2-8,3-9)11-4(7)10/h8-9H,1-3,6H2. The number of nitrogens with two attached hydrogens (primary N) is 1. The fourth-order valence-corrected chi connectivity index (χ4v) is 0.866. The molecule has 1 saturated heterocycles. The van der Waals surface area contributed by atoms with E-state index in [1.807, 2.05) is 0 Å². The average molecular weight is 162 g/mol. The van der Waals surface area contributed by atoms with E-state index in [9.17, 15) is 4.79 Å². The number of hydrogen-bond acceptors (Lipinski definition) is 5. The zero-order valence-electron chi connectivity index (χ0n) is 5.86. The Bertz CT molecular complexity index is 168. The van der Waals surface area contributed by atoms with Gasteiger partial charge in [0, 0.05) is 0 Å². The lowest BCUT2D eigenvalue weighted by Gasteiger charge is -2.20. The number of amides is 1. The van der Waals surface area contributed by atoms with Gasteiger partial charge in [-0.1, -0.05) is 0 Å². The van der Waals surface area contributed by atoms with Gasteiger partial charge in [-0.25, -0.2) is 15.6 Å².